The maximum atomic E-state index is 12.5. The van der Waals surface area contributed by atoms with Crippen LogP contribution in [0, 0.1) is 6.92 Å². The molecule has 0 saturated heterocycles. The number of anilines is 1. The van der Waals surface area contributed by atoms with Crippen molar-refractivity contribution in [2.45, 2.75) is 13.0 Å². The minimum atomic E-state index is -0.298. The Balaban J connectivity index is 1.55. The number of thioether (sulfide) groups is 1. The minimum Gasteiger partial charge on any atom is -0.360 e. The summed E-state index contributed by atoms with van der Waals surface area (Å²) in [7, 11) is 0. The second-order valence-electron chi connectivity index (χ2n) is 6.33. The van der Waals surface area contributed by atoms with Gasteiger partial charge in [0.25, 0.3) is 0 Å². The third-order valence-electron chi connectivity index (χ3n) is 4.00. The Hall–Kier alpha value is -2.77. The molecule has 2 aromatic carbocycles. The molecule has 0 bridgehead atoms. The smallest absolute Gasteiger partial charge is 0.235 e. The van der Waals surface area contributed by atoms with Crippen molar-refractivity contribution in [1.29, 1.82) is 0 Å². The fourth-order valence-electron chi connectivity index (χ4n) is 2.70. The van der Waals surface area contributed by atoms with Crippen LogP contribution >= 0.6 is 23.4 Å². The molecular formula is C21H20ClN3O3S. The lowest BCUT2D eigenvalue weighted by atomic mass is 9.99. The molecule has 1 atom stereocenters. The number of hydrogen-bond donors (Lipinski definition) is 2. The number of carbonyl (C=O) groups is 2. The molecule has 3 aromatic rings. The summed E-state index contributed by atoms with van der Waals surface area (Å²) >= 11 is 7.21. The average molecular weight is 430 g/mol. The number of rotatable bonds is 8. The summed E-state index contributed by atoms with van der Waals surface area (Å²) in [6, 6.07) is 18.4. The number of aromatic nitrogens is 1. The zero-order valence-electron chi connectivity index (χ0n) is 15.7. The summed E-state index contributed by atoms with van der Waals surface area (Å²) in [6.45, 7) is 1.74. The van der Waals surface area contributed by atoms with E-state index in [2.05, 4.69) is 15.8 Å². The van der Waals surface area contributed by atoms with Crippen molar-refractivity contribution >= 4 is 41.0 Å². The van der Waals surface area contributed by atoms with Crippen LogP contribution in [0.5, 0.6) is 0 Å². The summed E-state index contributed by atoms with van der Waals surface area (Å²) in [4.78, 5) is 24.4. The van der Waals surface area contributed by atoms with E-state index in [-0.39, 0.29) is 29.4 Å². The molecule has 0 radical (unpaired) electrons. The van der Waals surface area contributed by atoms with E-state index in [1.165, 1.54) is 11.8 Å². The van der Waals surface area contributed by atoms with Gasteiger partial charge in [-0.3, -0.25) is 9.59 Å². The van der Waals surface area contributed by atoms with Crippen LogP contribution in [0.25, 0.3) is 0 Å². The van der Waals surface area contributed by atoms with Crippen molar-refractivity contribution in [3.63, 3.8) is 0 Å². The van der Waals surface area contributed by atoms with Crippen LogP contribution in [0.15, 0.2) is 65.2 Å². The molecule has 150 valence electrons. The Labute approximate surface area is 178 Å². The molecule has 1 aromatic heterocycles. The van der Waals surface area contributed by atoms with Gasteiger partial charge in [0.05, 0.1) is 17.5 Å². The van der Waals surface area contributed by atoms with Crippen molar-refractivity contribution in [3.05, 3.63) is 82.6 Å². The molecular weight excluding hydrogens is 410 g/mol. The monoisotopic (exact) mass is 429 g/mol. The Bertz CT molecular complexity index is 961. The van der Waals surface area contributed by atoms with Crippen LogP contribution in [-0.4, -0.2) is 28.5 Å². The molecule has 1 unspecified atom stereocenters. The molecule has 0 aliphatic heterocycles. The summed E-state index contributed by atoms with van der Waals surface area (Å²) in [5, 5.41) is 10.0. The van der Waals surface area contributed by atoms with Crippen molar-refractivity contribution in [2.24, 2.45) is 0 Å². The summed E-state index contributed by atoms with van der Waals surface area (Å²) in [5.41, 5.74) is 1.89. The van der Waals surface area contributed by atoms with E-state index in [0.29, 0.717) is 16.6 Å². The second kappa shape index (κ2) is 10.1. The number of halogens is 1. The van der Waals surface area contributed by atoms with Gasteiger partial charge in [-0.15, -0.1) is 11.8 Å². The van der Waals surface area contributed by atoms with Crippen LogP contribution in [-0.2, 0) is 9.59 Å². The topological polar surface area (TPSA) is 84.2 Å². The molecule has 2 N–H and O–H groups in total. The lowest BCUT2D eigenvalue weighted by Crippen LogP contribution is -2.31. The summed E-state index contributed by atoms with van der Waals surface area (Å²) in [5.74, 6) is 0.863. The van der Waals surface area contributed by atoms with Gasteiger partial charge in [0.15, 0.2) is 5.82 Å². The molecule has 0 fully saturated rings. The van der Waals surface area contributed by atoms with Crippen LogP contribution in [0.2, 0.25) is 5.02 Å². The van der Waals surface area contributed by atoms with Gasteiger partial charge in [-0.1, -0.05) is 59.2 Å². The van der Waals surface area contributed by atoms with E-state index in [4.69, 9.17) is 16.1 Å². The van der Waals surface area contributed by atoms with Crippen molar-refractivity contribution in [3.8, 4) is 0 Å². The van der Waals surface area contributed by atoms with Crippen LogP contribution < -0.4 is 10.6 Å². The number of amides is 2. The highest BCUT2D eigenvalue weighted by Gasteiger charge is 2.17. The molecule has 0 aliphatic rings. The van der Waals surface area contributed by atoms with Gasteiger partial charge in [0, 0.05) is 11.1 Å². The number of aryl methyl sites for hydroxylation is 1. The van der Waals surface area contributed by atoms with Crippen LogP contribution in [0.1, 0.15) is 22.9 Å². The molecule has 29 heavy (non-hydrogen) atoms. The second-order valence-corrected chi connectivity index (χ2v) is 7.75. The molecule has 0 aliphatic carbocycles. The number of nitrogens with zero attached hydrogens (tertiary/aromatic N) is 1. The van der Waals surface area contributed by atoms with Gasteiger partial charge in [0.2, 0.25) is 11.8 Å². The Morgan fingerprint density at radius 1 is 1.03 bits per heavy atom. The molecule has 2 amide bonds. The highest BCUT2D eigenvalue weighted by molar-refractivity contribution is 8.00. The quantitative estimate of drug-likeness (QED) is 0.560. The van der Waals surface area contributed by atoms with Gasteiger partial charge in [-0.2, -0.15) is 0 Å². The predicted molar refractivity (Wildman–Crippen MR) is 115 cm³/mol. The van der Waals surface area contributed by atoms with Crippen LogP contribution in [0.3, 0.4) is 0 Å². The Morgan fingerprint density at radius 2 is 1.69 bits per heavy atom. The highest BCUT2D eigenvalue weighted by atomic mass is 35.5. The number of nitrogens with one attached hydrogen (secondary N) is 2. The van der Waals surface area contributed by atoms with Crippen LogP contribution in [0.4, 0.5) is 5.82 Å². The SMILES string of the molecule is Cc1cc(NC(=O)CSCC(=O)NC(c2ccccc2)c2ccc(Cl)cc2)no1. The first-order valence-corrected chi connectivity index (χ1v) is 10.5. The maximum absolute atomic E-state index is 12.5. The maximum Gasteiger partial charge on any atom is 0.235 e. The standard InChI is InChI=1S/C21H20ClN3O3S/c1-14-11-18(25-28-14)23-19(26)12-29-13-20(27)24-21(15-5-3-2-4-6-15)16-7-9-17(22)10-8-16/h2-11,21H,12-13H2,1H3,(H,24,27)(H,23,25,26). The van der Waals surface area contributed by atoms with Gasteiger partial charge in [-0.25, -0.2) is 0 Å². The summed E-state index contributed by atoms with van der Waals surface area (Å²) in [6.07, 6.45) is 0. The predicted octanol–water partition coefficient (Wildman–Crippen LogP) is 4.21. The molecule has 8 heteroatoms. The first kappa shape index (κ1) is 21.0. The van der Waals surface area contributed by atoms with Gasteiger partial charge < -0.3 is 15.2 Å². The van der Waals surface area contributed by atoms with Crippen molar-refractivity contribution < 1.29 is 14.1 Å². The lowest BCUT2D eigenvalue weighted by molar-refractivity contribution is -0.119. The van der Waals surface area contributed by atoms with Crippen molar-refractivity contribution in [1.82, 2.24) is 10.5 Å². The largest absolute Gasteiger partial charge is 0.360 e. The molecule has 1 heterocycles. The molecule has 3 rings (SSSR count). The van der Waals surface area contributed by atoms with E-state index >= 15 is 0 Å². The Morgan fingerprint density at radius 3 is 2.34 bits per heavy atom. The van der Waals surface area contributed by atoms with E-state index < -0.39 is 0 Å². The normalized spacial score (nSPS) is 11.7. The fourth-order valence-corrected chi connectivity index (χ4v) is 3.46. The minimum absolute atomic E-state index is 0.135. The number of carbonyl (C=O) groups excluding carboxylic acids is 2. The average Bonchev–Trinajstić information content (AvgIpc) is 3.12. The van der Waals surface area contributed by atoms with Gasteiger partial charge in [-0.05, 0) is 30.2 Å². The van der Waals surface area contributed by atoms with E-state index in [9.17, 15) is 9.59 Å². The molecule has 6 nitrogen and oxygen atoms in total. The number of benzene rings is 2. The molecule has 0 saturated carbocycles. The van der Waals surface area contributed by atoms with Gasteiger partial charge in [0.1, 0.15) is 5.76 Å². The van der Waals surface area contributed by atoms with Crippen molar-refractivity contribution in [2.75, 3.05) is 16.8 Å². The van der Waals surface area contributed by atoms with E-state index in [1.54, 1.807) is 25.1 Å². The zero-order chi connectivity index (χ0) is 20.6. The van der Waals surface area contributed by atoms with E-state index in [1.807, 2.05) is 42.5 Å². The lowest BCUT2D eigenvalue weighted by Gasteiger charge is -2.20. The number of hydrogen-bond acceptors (Lipinski definition) is 5. The first-order valence-electron chi connectivity index (χ1n) is 8.92. The third kappa shape index (κ3) is 6.37. The third-order valence-corrected chi connectivity index (χ3v) is 5.19. The van der Waals surface area contributed by atoms with E-state index in [0.717, 1.165) is 11.1 Å². The highest BCUT2D eigenvalue weighted by Crippen LogP contribution is 2.23. The Kier molecular flexibility index (Phi) is 7.32. The fraction of sp³-hybridized carbons (Fsp3) is 0.190. The van der Waals surface area contributed by atoms with Gasteiger partial charge >= 0.3 is 0 Å². The summed E-state index contributed by atoms with van der Waals surface area (Å²) < 4.78 is 4.90. The molecule has 0 spiro atoms. The first-order chi connectivity index (χ1) is 14.0. The zero-order valence-corrected chi connectivity index (χ0v) is 17.3.